The molecule has 1 aromatic rings. The zero-order valence-electron chi connectivity index (χ0n) is 10.8. The van der Waals surface area contributed by atoms with Crippen LogP contribution in [-0.4, -0.2) is 10.6 Å². The van der Waals surface area contributed by atoms with Gasteiger partial charge in [0.2, 0.25) is 0 Å². The van der Waals surface area contributed by atoms with Crippen LogP contribution in [0.4, 0.5) is 0 Å². The third-order valence-corrected chi connectivity index (χ3v) is 6.96. The Bertz CT molecular complexity index is 398. The normalized spacial score (nSPS) is 25.3. The van der Waals surface area contributed by atoms with E-state index in [2.05, 4.69) is 40.2 Å². The third-order valence-electron chi connectivity index (χ3n) is 4.50. The summed E-state index contributed by atoms with van der Waals surface area (Å²) in [7, 11) is 0. The maximum absolute atomic E-state index is 3.95. The van der Waals surface area contributed by atoms with Gasteiger partial charge in [0.25, 0.3) is 0 Å². The van der Waals surface area contributed by atoms with E-state index in [0.717, 1.165) is 16.7 Å². The molecule has 0 amide bonds. The highest BCUT2D eigenvalue weighted by Gasteiger charge is 2.26. The minimum atomic E-state index is 0.762. The number of halogens is 1. The quantitative estimate of drug-likeness (QED) is 0.648. The van der Waals surface area contributed by atoms with Gasteiger partial charge in [0.1, 0.15) is 0 Å². The van der Waals surface area contributed by atoms with Gasteiger partial charge in [-0.3, -0.25) is 0 Å². The molecule has 18 heavy (non-hydrogen) atoms. The Morgan fingerprint density at radius 3 is 2.83 bits per heavy atom. The van der Waals surface area contributed by atoms with Crippen LogP contribution in [0.5, 0.6) is 0 Å². The van der Waals surface area contributed by atoms with Crippen LogP contribution < -0.4 is 0 Å². The van der Waals surface area contributed by atoms with Gasteiger partial charge in [-0.1, -0.05) is 47.0 Å². The summed E-state index contributed by atoms with van der Waals surface area (Å²) in [6.07, 6.45) is 8.52. The van der Waals surface area contributed by atoms with Gasteiger partial charge in [-0.15, -0.1) is 11.8 Å². The van der Waals surface area contributed by atoms with Gasteiger partial charge >= 0.3 is 0 Å². The summed E-state index contributed by atoms with van der Waals surface area (Å²) < 4.78 is 0. The molecule has 2 unspecified atom stereocenters. The van der Waals surface area contributed by atoms with Crippen LogP contribution in [0.15, 0.2) is 29.2 Å². The average Bonchev–Trinajstić information content (AvgIpc) is 3.06. The third kappa shape index (κ3) is 2.80. The van der Waals surface area contributed by atoms with Crippen LogP contribution in [0.3, 0.4) is 0 Å². The van der Waals surface area contributed by atoms with Gasteiger partial charge in [0.15, 0.2) is 0 Å². The fourth-order valence-electron chi connectivity index (χ4n) is 3.38. The smallest absolute Gasteiger partial charge is 0.0174 e. The molecule has 1 aliphatic heterocycles. The zero-order chi connectivity index (χ0) is 12.4. The number of hydrogen-bond donors (Lipinski definition) is 0. The molecule has 1 aliphatic carbocycles. The van der Waals surface area contributed by atoms with Crippen LogP contribution in [0.2, 0.25) is 0 Å². The number of rotatable bonds is 4. The summed E-state index contributed by atoms with van der Waals surface area (Å²) in [5.41, 5.74) is 1.61. The molecule has 0 N–H and O–H groups in total. The topological polar surface area (TPSA) is 0 Å². The first-order valence-corrected chi connectivity index (χ1v) is 9.10. The van der Waals surface area contributed by atoms with Crippen molar-refractivity contribution in [3.63, 3.8) is 0 Å². The van der Waals surface area contributed by atoms with Crippen molar-refractivity contribution in [3.8, 4) is 0 Å². The molecule has 2 aliphatic rings. The molecule has 2 heteroatoms. The summed E-state index contributed by atoms with van der Waals surface area (Å²) in [6, 6.07) is 8.97. The summed E-state index contributed by atoms with van der Waals surface area (Å²) in [6.45, 7) is 0. The van der Waals surface area contributed by atoms with E-state index in [1.165, 1.54) is 49.2 Å². The SMILES string of the molecule is BrC(CCC1CSc2ccccc21)C1CCCC1. The van der Waals surface area contributed by atoms with Crippen molar-refractivity contribution in [3.05, 3.63) is 29.8 Å². The lowest BCUT2D eigenvalue weighted by Gasteiger charge is -2.19. The molecule has 1 heterocycles. The number of alkyl halides is 1. The van der Waals surface area contributed by atoms with Gasteiger partial charge in [0, 0.05) is 15.5 Å². The lowest BCUT2D eigenvalue weighted by molar-refractivity contribution is 0.482. The van der Waals surface area contributed by atoms with E-state index in [-0.39, 0.29) is 0 Å². The van der Waals surface area contributed by atoms with Crippen molar-refractivity contribution in [2.45, 2.75) is 54.2 Å². The lowest BCUT2D eigenvalue weighted by Crippen LogP contribution is -2.12. The van der Waals surface area contributed by atoms with Gasteiger partial charge < -0.3 is 0 Å². The van der Waals surface area contributed by atoms with Gasteiger partial charge in [-0.2, -0.15) is 0 Å². The molecule has 0 aromatic heterocycles. The van der Waals surface area contributed by atoms with E-state index in [1.54, 1.807) is 5.56 Å². The largest absolute Gasteiger partial charge is 0.125 e. The minimum absolute atomic E-state index is 0.762. The molecular weight excluding hydrogens is 304 g/mol. The second-order valence-corrected chi connectivity index (χ2v) is 7.92. The highest BCUT2D eigenvalue weighted by atomic mass is 79.9. The van der Waals surface area contributed by atoms with Crippen molar-refractivity contribution in [2.75, 3.05) is 5.75 Å². The Morgan fingerprint density at radius 2 is 2.00 bits per heavy atom. The van der Waals surface area contributed by atoms with Gasteiger partial charge in [-0.05, 0) is 49.1 Å². The standard InChI is InChI=1S/C16H21BrS/c17-15(12-5-1-2-6-12)10-9-13-11-18-16-8-4-3-7-14(13)16/h3-4,7-8,12-13,15H,1-2,5-6,9-11H2. The first kappa shape index (κ1) is 13.1. The van der Waals surface area contributed by atoms with Crippen molar-refractivity contribution < 1.29 is 0 Å². The van der Waals surface area contributed by atoms with Crippen LogP contribution in [0, 0.1) is 5.92 Å². The van der Waals surface area contributed by atoms with Gasteiger partial charge in [0.05, 0.1) is 0 Å². The number of thioether (sulfide) groups is 1. The van der Waals surface area contributed by atoms with Crippen molar-refractivity contribution in [1.82, 2.24) is 0 Å². The highest BCUT2D eigenvalue weighted by molar-refractivity contribution is 9.09. The summed E-state index contributed by atoms with van der Waals surface area (Å²) in [5.74, 6) is 3.05. The Balaban J connectivity index is 1.55. The number of hydrogen-bond acceptors (Lipinski definition) is 1. The molecule has 0 bridgehead atoms. The van der Waals surface area contributed by atoms with Crippen LogP contribution in [0.1, 0.15) is 50.0 Å². The van der Waals surface area contributed by atoms with E-state index in [1.807, 2.05) is 11.8 Å². The first-order chi connectivity index (χ1) is 8.84. The van der Waals surface area contributed by atoms with Crippen LogP contribution in [0.25, 0.3) is 0 Å². The number of benzene rings is 1. The molecule has 1 saturated carbocycles. The maximum atomic E-state index is 3.95. The zero-order valence-corrected chi connectivity index (χ0v) is 13.2. The summed E-state index contributed by atoms with van der Waals surface area (Å²) in [5, 5.41) is 0. The monoisotopic (exact) mass is 324 g/mol. The average molecular weight is 325 g/mol. The van der Waals surface area contributed by atoms with Crippen molar-refractivity contribution >= 4 is 27.7 Å². The lowest BCUT2D eigenvalue weighted by atomic mass is 9.92. The second-order valence-electron chi connectivity index (χ2n) is 5.68. The van der Waals surface area contributed by atoms with E-state index in [0.29, 0.717) is 0 Å². The first-order valence-electron chi connectivity index (χ1n) is 7.20. The molecule has 0 radical (unpaired) electrons. The molecule has 0 nitrogen and oxygen atoms in total. The van der Waals surface area contributed by atoms with Gasteiger partial charge in [-0.25, -0.2) is 0 Å². The summed E-state index contributed by atoms with van der Waals surface area (Å²) in [4.78, 5) is 2.28. The highest BCUT2D eigenvalue weighted by Crippen LogP contribution is 2.43. The number of fused-ring (bicyclic) bond motifs is 1. The fraction of sp³-hybridized carbons (Fsp3) is 0.625. The van der Waals surface area contributed by atoms with E-state index >= 15 is 0 Å². The van der Waals surface area contributed by atoms with Crippen LogP contribution in [-0.2, 0) is 0 Å². The second kappa shape index (κ2) is 6.00. The predicted octanol–water partition coefficient (Wildman–Crippen LogP) is 5.61. The molecule has 1 fully saturated rings. The minimum Gasteiger partial charge on any atom is -0.125 e. The Kier molecular flexibility index (Phi) is 4.35. The molecule has 0 spiro atoms. The molecular formula is C16H21BrS. The molecule has 3 rings (SSSR count). The Labute approximate surface area is 123 Å². The van der Waals surface area contributed by atoms with E-state index in [9.17, 15) is 0 Å². The van der Waals surface area contributed by atoms with Crippen molar-refractivity contribution in [1.29, 1.82) is 0 Å². The fourth-order valence-corrected chi connectivity index (χ4v) is 5.48. The predicted molar refractivity (Wildman–Crippen MR) is 83.8 cm³/mol. The van der Waals surface area contributed by atoms with E-state index < -0.39 is 0 Å². The van der Waals surface area contributed by atoms with Crippen LogP contribution >= 0.6 is 27.7 Å². The summed E-state index contributed by atoms with van der Waals surface area (Å²) >= 11 is 5.99. The molecule has 0 saturated heterocycles. The van der Waals surface area contributed by atoms with Crippen molar-refractivity contribution in [2.24, 2.45) is 5.92 Å². The Hall–Kier alpha value is 0.0500. The molecule has 1 aromatic carbocycles. The maximum Gasteiger partial charge on any atom is 0.0174 e. The Morgan fingerprint density at radius 1 is 1.22 bits per heavy atom. The molecule has 2 atom stereocenters. The molecule has 98 valence electrons. The van der Waals surface area contributed by atoms with E-state index in [4.69, 9.17) is 0 Å².